The fourth-order valence-electron chi connectivity index (χ4n) is 1.98. The summed E-state index contributed by atoms with van der Waals surface area (Å²) in [6.07, 6.45) is 5.14. The fourth-order valence-corrected chi connectivity index (χ4v) is 1.98. The highest BCUT2D eigenvalue weighted by Crippen LogP contribution is 2.34. The molecule has 0 saturated heterocycles. The summed E-state index contributed by atoms with van der Waals surface area (Å²) in [4.78, 5) is 14.3. The van der Waals surface area contributed by atoms with Crippen molar-refractivity contribution in [3.8, 4) is 0 Å². The van der Waals surface area contributed by atoms with Crippen LogP contribution in [0, 0.1) is 23.0 Å². The van der Waals surface area contributed by atoms with E-state index >= 15 is 0 Å². The van der Waals surface area contributed by atoms with E-state index in [1.54, 1.807) is 13.0 Å². The highest BCUT2D eigenvalue weighted by molar-refractivity contribution is 5.47. The largest absolute Gasteiger partial charge is 0.368 e. The van der Waals surface area contributed by atoms with Crippen LogP contribution in [-0.4, -0.2) is 15.9 Å². The van der Waals surface area contributed by atoms with Gasteiger partial charge in [-0.05, 0) is 32.3 Å². The van der Waals surface area contributed by atoms with Crippen LogP contribution in [0.5, 0.6) is 0 Å². The third kappa shape index (κ3) is 3.15. The van der Waals surface area contributed by atoms with E-state index < -0.39 is 4.92 Å². The summed E-state index contributed by atoms with van der Waals surface area (Å²) in [6, 6.07) is 2.11. The lowest BCUT2D eigenvalue weighted by Crippen LogP contribution is -2.16. The molecule has 1 aromatic heterocycles. The molecule has 1 atom stereocenters. The van der Waals surface area contributed by atoms with E-state index in [0.29, 0.717) is 11.6 Å². The first-order chi connectivity index (χ1) is 8.06. The third-order valence-corrected chi connectivity index (χ3v) is 3.06. The van der Waals surface area contributed by atoms with Gasteiger partial charge in [0.1, 0.15) is 12.0 Å². The van der Waals surface area contributed by atoms with Gasteiger partial charge < -0.3 is 5.32 Å². The molecule has 1 saturated carbocycles. The first-order valence-electron chi connectivity index (χ1n) is 5.94. The van der Waals surface area contributed by atoms with Crippen molar-refractivity contribution in [2.75, 3.05) is 5.32 Å². The van der Waals surface area contributed by atoms with Gasteiger partial charge in [0.2, 0.25) is 0 Å². The number of anilines is 1. The first kappa shape index (κ1) is 11.8. The Hall–Kier alpha value is -1.65. The molecule has 2 rings (SSSR count). The van der Waals surface area contributed by atoms with Crippen molar-refractivity contribution in [1.29, 1.82) is 0 Å². The lowest BCUT2D eigenvalue weighted by molar-refractivity contribution is -0.385. The van der Waals surface area contributed by atoms with Gasteiger partial charge >= 0.3 is 0 Å². The van der Waals surface area contributed by atoms with Crippen molar-refractivity contribution < 1.29 is 4.92 Å². The maximum absolute atomic E-state index is 10.7. The van der Waals surface area contributed by atoms with Gasteiger partial charge in [-0.2, -0.15) is 0 Å². The number of hydrogen-bond donors (Lipinski definition) is 1. The van der Waals surface area contributed by atoms with Crippen LogP contribution in [0.1, 0.15) is 31.7 Å². The Kier molecular flexibility index (Phi) is 3.26. The number of aryl methyl sites for hydroxylation is 1. The number of nitro groups is 1. The topological polar surface area (TPSA) is 68.1 Å². The van der Waals surface area contributed by atoms with Crippen molar-refractivity contribution in [2.24, 2.45) is 5.92 Å². The average Bonchev–Trinajstić information content (AvgIpc) is 3.00. The molecule has 1 unspecified atom stereocenters. The summed E-state index contributed by atoms with van der Waals surface area (Å²) in [5, 5.41) is 13.9. The molecule has 5 nitrogen and oxygen atoms in total. The van der Waals surface area contributed by atoms with Crippen molar-refractivity contribution in [3.05, 3.63) is 27.9 Å². The summed E-state index contributed by atoms with van der Waals surface area (Å²) in [6.45, 7) is 3.85. The Morgan fingerprint density at radius 3 is 2.88 bits per heavy atom. The second-order valence-corrected chi connectivity index (χ2v) is 4.84. The van der Waals surface area contributed by atoms with Gasteiger partial charge in [0.05, 0.1) is 4.92 Å². The number of hydrogen-bond acceptors (Lipinski definition) is 4. The molecule has 0 spiro atoms. The molecule has 0 aromatic carbocycles. The number of nitrogens with one attached hydrogen (secondary N) is 1. The Bertz CT molecular complexity index is 430. The standard InChI is InChI=1S/C12H17N3O2/c1-8-5-12(13-7-11(8)15(16)17)14-9(2)6-10-3-4-10/h5,7,9-10H,3-4,6H2,1-2H3,(H,13,14). The molecule has 1 heterocycles. The lowest BCUT2D eigenvalue weighted by atomic mass is 10.1. The Morgan fingerprint density at radius 1 is 1.65 bits per heavy atom. The molecule has 92 valence electrons. The summed E-state index contributed by atoms with van der Waals surface area (Å²) in [7, 11) is 0. The summed E-state index contributed by atoms with van der Waals surface area (Å²) in [5.74, 6) is 1.58. The molecule has 5 heteroatoms. The molecule has 0 bridgehead atoms. The van der Waals surface area contributed by atoms with Crippen LogP contribution in [0.2, 0.25) is 0 Å². The van der Waals surface area contributed by atoms with Crippen molar-refractivity contribution in [1.82, 2.24) is 4.98 Å². The van der Waals surface area contributed by atoms with Crippen molar-refractivity contribution >= 4 is 11.5 Å². The maximum atomic E-state index is 10.7. The zero-order chi connectivity index (χ0) is 12.4. The number of aromatic nitrogens is 1. The molecular formula is C12H17N3O2. The van der Waals surface area contributed by atoms with Crippen LogP contribution in [0.25, 0.3) is 0 Å². The second-order valence-electron chi connectivity index (χ2n) is 4.84. The SMILES string of the molecule is Cc1cc(NC(C)CC2CC2)ncc1[N+](=O)[O-]. The Morgan fingerprint density at radius 2 is 2.35 bits per heavy atom. The van der Waals surface area contributed by atoms with E-state index in [9.17, 15) is 10.1 Å². The zero-order valence-corrected chi connectivity index (χ0v) is 10.1. The predicted molar refractivity (Wildman–Crippen MR) is 66.1 cm³/mol. The molecule has 0 radical (unpaired) electrons. The first-order valence-corrected chi connectivity index (χ1v) is 5.94. The van der Waals surface area contributed by atoms with Gasteiger partial charge in [-0.25, -0.2) is 4.98 Å². The van der Waals surface area contributed by atoms with E-state index in [4.69, 9.17) is 0 Å². The van der Waals surface area contributed by atoms with Crippen LogP contribution in [0.4, 0.5) is 11.5 Å². The maximum Gasteiger partial charge on any atom is 0.290 e. The van der Waals surface area contributed by atoms with Crippen LogP contribution in [-0.2, 0) is 0 Å². The van der Waals surface area contributed by atoms with Gasteiger partial charge in [-0.15, -0.1) is 0 Å². The van der Waals surface area contributed by atoms with Crippen LogP contribution in [0.15, 0.2) is 12.3 Å². The molecule has 1 aliphatic carbocycles. The fraction of sp³-hybridized carbons (Fsp3) is 0.583. The number of pyridine rings is 1. The Labute approximate surface area is 100 Å². The van der Waals surface area contributed by atoms with E-state index in [-0.39, 0.29) is 5.69 Å². The molecule has 0 aliphatic heterocycles. The number of rotatable bonds is 5. The summed E-state index contributed by atoms with van der Waals surface area (Å²) in [5.41, 5.74) is 0.719. The molecule has 1 N–H and O–H groups in total. The van der Waals surface area contributed by atoms with Crippen LogP contribution < -0.4 is 5.32 Å². The Balaban J connectivity index is 2.00. The average molecular weight is 235 g/mol. The highest BCUT2D eigenvalue weighted by Gasteiger charge is 2.23. The smallest absolute Gasteiger partial charge is 0.290 e. The molecule has 1 fully saturated rings. The minimum Gasteiger partial charge on any atom is -0.368 e. The molecule has 1 aliphatic rings. The molecular weight excluding hydrogens is 218 g/mol. The zero-order valence-electron chi connectivity index (χ0n) is 10.1. The minimum absolute atomic E-state index is 0.0744. The second kappa shape index (κ2) is 4.69. The summed E-state index contributed by atoms with van der Waals surface area (Å²) < 4.78 is 0. The normalized spacial score (nSPS) is 16.6. The molecule has 0 amide bonds. The predicted octanol–water partition coefficient (Wildman–Crippen LogP) is 2.90. The van der Waals surface area contributed by atoms with Gasteiger partial charge in [0.25, 0.3) is 5.69 Å². The van der Waals surface area contributed by atoms with E-state index in [1.165, 1.54) is 19.0 Å². The minimum atomic E-state index is -0.403. The van der Waals surface area contributed by atoms with E-state index in [0.717, 1.165) is 18.2 Å². The van der Waals surface area contributed by atoms with Crippen molar-refractivity contribution in [3.63, 3.8) is 0 Å². The van der Waals surface area contributed by atoms with Gasteiger partial charge in [-0.1, -0.05) is 12.8 Å². The van der Waals surface area contributed by atoms with Crippen molar-refractivity contribution in [2.45, 2.75) is 39.2 Å². The van der Waals surface area contributed by atoms with Gasteiger partial charge in [0.15, 0.2) is 0 Å². The molecule has 1 aromatic rings. The summed E-state index contributed by atoms with van der Waals surface area (Å²) >= 11 is 0. The van der Waals surface area contributed by atoms with Crippen LogP contribution >= 0.6 is 0 Å². The quantitative estimate of drug-likeness (QED) is 0.629. The third-order valence-electron chi connectivity index (χ3n) is 3.06. The van der Waals surface area contributed by atoms with Gasteiger partial charge in [-0.3, -0.25) is 10.1 Å². The highest BCUT2D eigenvalue weighted by atomic mass is 16.6. The van der Waals surface area contributed by atoms with Crippen LogP contribution in [0.3, 0.4) is 0 Å². The van der Waals surface area contributed by atoms with E-state index in [2.05, 4.69) is 17.2 Å². The lowest BCUT2D eigenvalue weighted by Gasteiger charge is -2.14. The number of nitrogens with zero attached hydrogens (tertiary/aromatic N) is 2. The van der Waals surface area contributed by atoms with Gasteiger partial charge in [0, 0.05) is 11.6 Å². The van der Waals surface area contributed by atoms with E-state index in [1.807, 2.05) is 0 Å². The monoisotopic (exact) mass is 235 g/mol. The molecule has 17 heavy (non-hydrogen) atoms.